The maximum atomic E-state index is 12.0. The largest absolute Gasteiger partial charge is 0.479 e. The number of carbonyl (C=O) groups excluding carboxylic acids is 1. The smallest absolute Gasteiger partial charge is 0.332 e. The molecule has 2 rings (SSSR count). The van der Waals surface area contributed by atoms with Crippen LogP contribution in [0.5, 0.6) is 0 Å². The summed E-state index contributed by atoms with van der Waals surface area (Å²) in [7, 11) is 0. The number of ether oxygens (including phenoxy) is 1. The van der Waals surface area contributed by atoms with Crippen LogP contribution in [-0.4, -0.2) is 29.2 Å². The maximum Gasteiger partial charge on any atom is 0.332 e. The Hall–Kier alpha value is -1.88. The molecule has 5 nitrogen and oxygen atoms in total. The zero-order chi connectivity index (χ0) is 15.4. The third-order valence-corrected chi connectivity index (χ3v) is 3.95. The molecule has 1 aliphatic rings. The molecule has 0 spiro atoms. The lowest BCUT2D eigenvalue weighted by Gasteiger charge is -2.13. The van der Waals surface area contributed by atoms with Gasteiger partial charge in [-0.3, -0.25) is 4.79 Å². The lowest BCUT2D eigenvalue weighted by molar-refractivity contribution is -0.150. The van der Waals surface area contributed by atoms with E-state index >= 15 is 0 Å². The Morgan fingerprint density at radius 2 is 1.90 bits per heavy atom. The molecule has 3 atom stereocenters. The lowest BCUT2D eigenvalue weighted by atomic mass is 9.98. The summed E-state index contributed by atoms with van der Waals surface area (Å²) in [6.45, 7) is 4.29. The van der Waals surface area contributed by atoms with E-state index in [4.69, 9.17) is 9.84 Å². The zero-order valence-electron chi connectivity index (χ0n) is 12.3. The highest BCUT2D eigenvalue weighted by Gasteiger charge is 2.34. The molecule has 114 valence electrons. The quantitative estimate of drug-likeness (QED) is 0.874. The van der Waals surface area contributed by atoms with Crippen molar-refractivity contribution in [2.24, 2.45) is 0 Å². The predicted molar refractivity (Wildman–Crippen MR) is 79.3 cm³/mol. The van der Waals surface area contributed by atoms with Gasteiger partial charge >= 0.3 is 5.97 Å². The minimum absolute atomic E-state index is 0.282. The van der Waals surface area contributed by atoms with E-state index in [-0.39, 0.29) is 5.91 Å². The normalized spacial score (nSPS) is 22.8. The molecule has 2 N–H and O–H groups in total. The van der Waals surface area contributed by atoms with Crippen molar-refractivity contribution in [3.63, 3.8) is 0 Å². The Balaban J connectivity index is 1.93. The van der Waals surface area contributed by atoms with Crippen LogP contribution in [0.1, 0.15) is 44.6 Å². The molecular weight excluding hydrogens is 270 g/mol. The van der Waals surface area contributed by atoms with Crippen LogP contribution in [0.3, 0.4) is 0 Å². The van der Waals surface area contributed by atoms with Crippen molar-refractivity contribution < 1.29 is 19.4 Å². The summed E-state index contributed by atoms with van der Waals surface area (Å²) >= 11 is 0. The first-order valence-corrected chi connectivity index (χ1v) is 7.30. The van der Waals surface area contributed by atoms with E-state index in [9.17, 15) is 9.59 Å². The van der Waals surface area contributed by atoms with Gasteiger partial charge in [0.15, 0.2) is 6.10 Å². The van der Waals surface area contributed by atoms with Crippen LogP contribution < -0.4 is 5.32 Å². The van der Waals surface area contributed by atoms with Crippen LogP contribution in [0.25, 0.3) is 0 Å². The molecule has 3 unspecified atom stereocenters. The third-order valence-electron chi connectivity index (χ3n) is 3.95. The molecule has 0 saturated carbocycles. The molecular formula is C16H21NO4. The Morgan fingerprint density at radius 1 is 1.29 bits per heavy atom. The van der Waals surface area contributed by atoms with Gasteiger partial charge in [-0.25, -0.2) is 4.79 Å². The second-order valence-corrected chi connectivity index (χ2v) is 5.45. The zero-order valence-corrected chi connectivity index (χ0v) is 12.3. The van der Waals surface area contributed by atoms with Crippen molar-refractivity contribution in [2.75, 3.05) is 5.32 Å². The standard InChI is InChI=1S/C16H21NO4/c1-3-10(2)11-4-6-12(7-5-11)17-15(18)13-8-9-14(21-13)16(19)20/h4-7,10,13-14H,3,8-9H2,1-2H3,(H,17,18)(H,19,20). The van der Waals surface area contributed by atoms with Crippen LogP contribution in [0, 0.1) is 0 Å². The van der Waals surface area contributed by atoms with Crippen LogP contribution in [0.15, 0.2) is 24.3 Å². The number of hydrogen-bond donors (Lipinski definition) is 2. The molecule has 0 radical (unpaired) electrons. The van der Waals surface area contributed by atoms with Gasteiger partial charge in [0.2, 0.25) is 0 Å². The molecule has 1 fully saturated rings. The number of amides is 1. The number of aliphatic carboxylic acids is 1. The third kappa shape index (κ3) is 3.82. The minimum atomic E-state index is -1.01. The van der Waals surface area contributed by atoms with Crippen LogP contribution >= 0.6 is 0 Å². The van der Waals surface area contributed by atoms with E-state index in [0.717, 1.165) is 6.42 Å². The average Bonchev–Trinajstić information content (AvgIpc) is 2.97. The topological polar surface area (TPSA) is 75.6 Å². The molecule has 0 aliphatic carbocycles. The second-order valence-electron chi connectivity index (χ2n) is 5.45. The summed E-state index contributed by atoms with van der Waals surface area (Å²) in [5, 5.41) is 11.6. The van der Waals surface area contributed by atoms with Crippen molar-refractivity contribution >= 4 is 17.6 Å². The molecule has 5 heteroatoms. The number of hydrogen-bond acceptors (Lipinski definition) is 3. The van der Waals surface area contributed by atoms with E-state index in [1.807, 2.05) is 24.3 Å². The fraction of sp³-hybridized carbons (Fsp3) is 0.500. The molecule has 21 heavy (non-hydrogen) atoms. The highest BCUT2D eigenvalue weighted by atomic mass is 16.5. The number of rotatable bonds is 5. The van der Waals surface area contributed by atoms with E-state index < -0.39 is 18.2 Å². The van der Waals surface area contributed by atoms with Crippen molar-refractivity contribution in [3.05, 3.63) is 29.8 Å². The fourth-order valence-electron chi connectivity index (χ4n) is 2.37. The summed E-state index contributed by atoms with van der Waals surface area (Å²) in [6.07, 6.45) is 0.334. The number of nitrogens with one attached hydrogen (secondary N) is 1. The first kappa shape index (κ1) is 15.5. The number of anilines is 1. The molecule has 1 aromatic carbocycles. The summed E-state index contributed by atoms with van der Waals surface area (Å²) in [5.74, 6) is -0.803. The Morgan fingerprint density at radius 3 is 2.43 bits per heavy atom. The highest BCUT2D eigenvalue weighted by Crippen LogP contribution is 2.23. The first-order chi connectivity index (χ1) is 10.0. The SMILES string of the molecule is CCC(C)c1ccc(NC(=O)C2CCC(C(=O)O)O2)cc1. The second kappa shape index (κ2) is 6.72. The van der Waals surface area contributed by atoms with Gasteiger partial charge in [-0.05, 0) is 42.9 Å². The number of carboxylic acids is 1. The van der Waals surface area contributed by atoms with Crippen molar-refractivity contribution in [2.45, 2.75) is 51.2 Å². The Kier molecular flexibility index (Phi) is 4.96. The monoisotopic (exact) mass is 291 g/mol. The van der Waals surface area contributed by atoms with Gasteiger partial charge in [-0.15, -0.1) is 0 Å². The van der Waals surface area contributed by atoms with Gasteiger partial charge in [-0.1, -0.05) is 26.0 Å². The molecule has 1 aromatic rings. The number of carboxylic acid groups (broad SMARTS) is 1. The lowest BCUT2D eigenvalue weighted by Crippen LogP contribution is -2.29. The van der Waals surface area contributed by atoms with Crippen molar-refractivity contribution in [3.8, 4) is 0 Å². The van der Waals surface area contributed by atoms with Gasteiger partial charge in [0.1, 0.15) is 6.10 Å². The molecule has 1 heterocycles. The van der Waals surface area contributed by atoms with Gasteiger partial charge in [-0.2, -0.15) is 0 Å². The Labute approximate surface area is 124 Å². The highest BCUT2D eigenvalue weighted by molar-refractivity contribution is 5.94. The molecule has 1 saturated heterocycles. The van der Waals surface area contributed by atoms with Gasteiger partial charge in [0.05, 0.1) is 0 Å². The average molecular weight is 291 g/mol. The molecule has 0 aromatic heterocycles. The summed E-state index contributed by atoms with van der Waals surface area (Å²) < 4.78 is 5.22. The van der Waals surface area contributed by atoms with E-state index in [2.05, 4.69) is 19.2 Å². The van der Waals surface area contributed by atoms with E-state index in [1.165, 1.54) is 5.56 Å². The van der Waals surface area contributed by atoms with E-state index in [1.54, 1.807) is 0 Å². The van der Waals surface area contributed by atoms with Crippen molar-refractivity contribution in [1.82, 2.24) is 0 Å². The maximum absolute atomic E-state index is 12.0. The molecule has 0 bridgehead atoms. The van der Waals surface area contributed by atoms with Crippen LogP contribution in [-0.2, 0) is 14.3 Å². The van der Waals surface area contributed by atoms with E-state index in [0.29, 0.717) is 24.4 Å². The van der Waals surface area contributed by atoms with Crippen molar-refractivity contribution in [1.29, 1.82) is 0 Å². The summed E-state index contributed by atoms with van der Waals surface area (Å²) in [5.41, 5.74) is 1.94. The first-order valence-electron chi connectivity index (χ1n) is 7.30. The predicted octanol–water partition coefficient (Wildman–Crippen LogP) is 2.77. The Bertz CT molecular complexity index is 512. The van der Waals surface area contributed by atoms with Gasteiger partial charge in [0.25, 0.3) is 5.91 Å². The summed E-state index contributed by atoms with van der Waals surface area (Å²) in [6, 6.07) is 7.73. The molecule has 1 amide bonds. The molecule has 1 aliphatic heterocycles. The van der Waals surface area contributed by atoms with Crippen LogP contribution in [0.4, 0.5) is 5.69 Å². The van der Waals surface area contributed by atoms with Gasteiger partial charge in [0, 0.05) is 5.69 Å². The minimum Gasteiger partial charge on any atom is -0.479 e. The summed E-state index contributed by atoms with van der Waals surface area (Å²) in [4.78, 5) is 22.8. The fourth-order valence-corrected chi connectivity index (χ4v) is 2.37. The number of carbonyl (C=O) groups is 2. The number of benzene rings is 1. The van der Waals surface area contributed by atoms with Crippen LogP contribution in [0.2, 0.25) is 0 Å². The van der Waals surface area contributed by atoms with Gasteiger partial charge < -0.3 is 15.2 Å².